The van der Waals surface area contributed by atoms with Crippen molar-refractivity contribution in [3.8, 4) is 0 Å². The lowest BCUT2D eigenvalue weighted by Crippen LogP contribution is -2.33. The number of hydrogen-bond acceptors (Lipinski definition) is 8. The van der Waals surface area contributed by atoms with Gasteiger partial charge in [0.15, 0.2) is 11.7 Å². The van der Waals surface area contributed by atoms with E-state index >= 15 is 0 Å². The van der Waals surface area contributed by atoms with Crippen LogP contribution in [0.3, 0.4) is 0 Å². The molecule has 2 aromatic heterocycles. The average molecular weight is 301 g/mol. The molecule has 3 heterocycles. The maximum atomic E-state index is 11.3. The average Bonchev–Trinajstić information content (AvgIpc) is 2.98. The monoisotopic (exact) mass is 301 g/mol. The zero-order valence-corrected chi connectivity index (χ0v) is 10.7. The van der Waals surface area contributed by atoms with Crippen LogP contribution in [-0.2, 0) is 4.74 Å². The molecule has 0 aromatic carbocycles. The van der Waals surface area contributed by atoms with Crippen LogP contribution in [0, 0.1) is 5.21 Å². The van der Waals surface area contributed by atoms with E-state index in [0.29, 0.717) is 4.73 Å². The van der Waals surface area contributed by atoms with Crippen LogP contribution in [0.5, 0.6) is 0 Å². The molecule has 0 saturated carbocycles. The van der Waals surface area contributed by atoms with E-state index in [-0.39, 0.29) is 22.5 Å². The molecule has 2 aromatic rings. The molecule has 21 heavy (non-hydrogen) atoms. The van der Waals surface area contributed by atoms with E-state index in [1.54, 1.807) is 0 Å². The van der Waals surface area contributed by atoms with Crippen molar-refractivity contribution < 1.29 is 30.3 Å². The molecule has 1 saturated heterocycles. The van der Waals surface area contributed by atoms with Crippen LogP contribution >= 0.6 is 0 Å². The molecule has 11 heteroatoms. The number of nitrogens with two attached hydrogens (primary N) is 1. The number of hydrogen-bond donors (Lipinski definition) is 4. The van der Waals surface area contributed by atoms with E-state index in [2.05, 4.69) is 9.97 Å². The summed E-state index contributed by atoms with van der Waals surface area (Å²) in [4.78, 5) is 7.85. The summed E-state index contributed by atoms with van der Waals surface area (Å²) in [6.45, 7) is -0.433. The quantitative estimate of drug-likeness (QED) is 0.324. The molecule has 0 radical (unpaired) electrons. The molecule has 1 aliphatic heterocycles. The molecule has 1 fully saturated rings. The normalized spacial score (nSPS) is 28.7. The van der Waals surface area contributed by atoms with Gasteiger partial charge in [-0.3, -0.25) is 4.57 Å². The molecule has 116 valence electrons. The first kappa shape index (κ1) is 15.3. The van der Waals surface area contributed by atoms with Crippen LogP contribution in [-0.4, -0.2) is 60.2 Å². The van der Waals surface area contributed by atoms with Crippen molar-refractivity contribution in [2.45, 2.75) is 24.5 Å². The second kappa shape index (κ2) is 5.38. The molecule has 2 unspecified atom stereocenters. The lowest BCUT2D eigenvalue weighted by atomic mass is 10.1. The highest BCUT2D eigenvalue weighted by molar-refractivity contribution is 5.79. The third kappa shape index (κ3) is 2.16. The topological polar surface area (TPSA) is 185 Å². The van der Waals surface area contributed by atoms with Gasteiger partial charge in [0.2, 0.25) is 12.0 Å². The molecule has 1 aliphatic rings. The van der Waals surface area contributed by atoms with Crippen molar-refractivity contribution in [2.24, 2.45) is 0 Å². The molecule has 0 aliphatic carbocycles. The number of anilines is 1. The number of aliphatic hydroxyl groups is 3. The second-order valence-corrected chi connectivity index (χ2v) is 4.51. The minimum absolute atomic E-state index is 0. The van der Waals surface area contributed by atoms with Crippen molar-refractivity contribution in [2.75, 3.05) is 12.3 Å². The number of ether oxygens (including phenoxy) is 1. The van der Waals surface area contributed by atoms with E-state index < -0.39 is 31.1 Å². The summed E-state index contributed by atoms with van der Waals surface area (Å²) in [6, 6.07) is 0. The molecule has 0 bridgehead atoms. The zero-order chi connectivity index (χ0) is 14.4. The minimum Gasteiger partial charge on any atom is -0.740 e. The highest BCUT2D eigenvalue weighted by Gasteiger charge is 2.44. The van der Waals surface area contributed by atoms with E-state index in [4.69, 9.17) is 15.6 Å². The third-order valence-corrected chi connectivity index (χ3v) is 3.32. The molecule has 7 N–H and O–H groups in total. The minimum atomic E-state index is -1.26. The largest absolute Gasteiger partial charge is 0.740 e. The van der Waals surface area contributed by atoms with Crippen LogP contribution in [0.15, 0.2) is 12.7 Å². The summed E-state index contributed by atoms with van der Waals surface area (Å²) >= 11 is 0. The Labute approximate surface area is 117 Å². The lowest BCUT2D eigenvalue weighted by molar-refractivity contribution is -0.592. The first-order valence-electron chi connectivity index (χ1n) is 5.87. The van der Waals surface area contributed by atoms with Gasteiger partial charge in [-0.25, -0.2) is 9.71 Å². The van der Waals surface area contributed by atoms with E-state index in [1.165, 1.54) is 10.9 Å². The number of rotatable bonds is 2. The smallest absolute Gasteiger partial charge is 0.251 e. The maximum absolute atomic E-state index is 11.3. The fourth-order valence-electron chi connectivity index (χ4n) is 2.23. The summed E-state index contributed by atoms with van der Waals surface area (Å²) in [7, 11) is 0. The lowest BCUT2D eigenvalue weighted by Gasteiger charge is -2.15. The Morgan fingerprint density at radius 2 is 2.10 bits per heavy atom. The fraction of sp³-hybridized carbons (Fsp3) is 0.500. The number of fused-ring (bicyclic) bond motifs is 1. The van der Waals surface area contributed by atoms with E-state index in [1.807, 2.05) is 0 Å². The predicted octanol–water partition coefficient (Wildman–Crippen LogP) is -3.57. The summed E-state index contributed by atoms with van der Waals surface area (Å²) in [5.74, 6) is -0.125. The van der Waals surface area contributed by atoms with Gasteiger partial charge < -0.3 is 36.5 Å². The molecule has 3 rings (SSSR count). The summed E-state index contributed by atoms with van der Waals surface area (Å²) in [5.41, 5.74) is 5.99. The van der Waals surface area contributed by atoms with Gasteiger partial charge >= 0.3 is 0 Å². The van der Waals surface area contributed by atoms with Gasteiger partial charge in [0.05, 0.1) is 6.61 Å². The first-order chi connectivity index (χ1) is 9.54. The standard InChI is InChI=1S/C10H13N5O5.H2O/c11-8-5-9(13-3-15(8)19)14(2-12-5)10-7(18)6(17)4(1-16)20-10;/h2-4,6-7,10,16-18H,1,11H2;1H2/t4-,6?,7?,10-;/m1./s1. The predicted molar refractivity (Wildman–Crippen MR) is 67.5 cm³/mol. The first-order valence-corrected chi connectivity index (χ1v) is 5.87. The Kier molecular flexibility index (Phi) is 3.93. The van der Waals surface area contributed by atoms with E-state index in [9.17, 15) is 15.4 Å². The van der Waals surface area contributed by atoms with Crippen LogP contribution < -0.4 is 10.5 Å². The Hall–Kier alpha value is -2.05. The fourth-order valence-corrected chi connectivity index (χ4v) is 2.23. The molecular formula is C10H15N5O6. The summed E-state index contributed by atoms with van der Waals surface area (Å²) in [5, 5.41) is 40.0. The van der Waals surface area contributed by atoms with Crippen LogP contribution in [0.25, 0.3) is 11.2 Å². The highest BCUT2D eigenvalue weighted by atomic mass is 16.6. The van der Waals surface area contributed by atoms with Gasteiger partial charge in [-0.05, 0) is 0 Å². The Bertz CT molecular complexity index is 648. The Morgan fingerprint density at radius 3 is 2.71 bits per heavy atom. The van der Waals surface area contributed by atoms with Gasteiger partial charge in [-0.1, -0.05) is 4.98 Å². The van der Waals surface area contributed by atoms with Crippen molar-refractivity contribution in [1.82, 2.24) is 14.5 Å². The SMILES string of the molecule is Nc1c2ncn([C@@H]3O[C@H](CO)C(O)C3O)c2nc[n+]1[O-].O. The molecule has 0 amide bonds. The number of aromatic nitrogens is 4. The van der Waals surface area contributed by atoms with Crippen molar-refractivity contribution in [3.63, 3.8) is 0 Å². The van der Waals surface area contributed by atoms with Gasteiger partial charge in [0.25, 0.3) is 5.82 Å². The molecule has 0 spiro atoms. The van der Waals surface area contributed by atoms with Gasteiger partial charge in [0, 0.05) is 0 Å². The number of imidazole rings is 1. The summed E-state index contributed by atoms with van der Waals surface area (Å²) in [6.07, 6.45) is -2.09. The van der Waals surface area contributed by atoms with Crippen molar-refractivity contribution in [3.05, 3.63) is 17.9 Å². The Morgan fingerprint density at radius 1 is 1.38 bits per heavy atom. The number of aliphatic hydroxyl groups excluding tert-OH is 3. The zero-order valence-electron chi connectivity index (χ0n) is 10.7. The highest BCUT2D eigenvalue weighted by Crippen LogP contribution is 2.31. The second-order valence-electron chi connectivity index (χ2n) is 4.51. The van der Waals surface area contributed by atoms with Gasteiger partial charge in [0.1, 0.15) is 24.6 Å². The number of nitrogen functional groups attached to an aromatic ring is 1. The molecular weight excluding hydrogens is 286 g/mol. The van der Waals surface area contributed by atoms with Crippen LogP contribution in [0.4, 0.5) is 5.82 Å². The molecule has 11 nitrogen and oxygen atoms in total. The number of nitrogens with zero attached hydrogens (tertiary/aromatic N) is 4. The molecule has 4 atom stereocenters. The Balaban J connectivity index is 0.00000161. The van der Waals surface area contributed by atoms with Gasteiger partial charge in [-0.2, -0.15) is 0 Å². The van der Waals surface area contributed by atoms with Crippen molar-refractivity contribution in [1.29, 1.82) is 0 Å². The van der Waals surface area contributed by atoms with E-state index in [0.717, 1.165) is 6.33 Å². The van der Waals surface area contributed by atoms with Crippen molar-refractivity contribution >= 4 is 17.0 Å². The van der Waals surface area contributed by atoms with Gasteiger partial charge in [-0.15, -0.1) is 0 Å². The maximum Gasteiger partial charge on any atom is 0.251 e. The summed E-state index contributed by atoms with van der Waals surface area (Å²) < 4.78 is 7.09. The third-order valence-electron chi connectivity index (χ3n) is 3.32. The van der Waals surface area contributed by atoms with Crippen LogP contribution in [0.2, 0.25) is 0 Å². The van der Waals surface area contributed by atoms with Crippen LogP contribution in [0.1, 0.15) is 6.23 Å².